The molecule has 0 spiro atoms. The second kappa shape index (κ2) is 5.66. The molecule has 14 heavy (non-hydrogen) atoms. The van der Waals surface area contributed by atoms with Crippen LogP contribution in [0.5, 0.6) is 0 Å². The van der Waals surface area contributed by atoms with Gasteiger partial charge in [0.05, 0.1) is 5.69 Å². The molecule has 0 N–H and O–H groups in total. The standard InChI is InChI=1S/C10H17ClN2S/c1-8-6-10(13(3)12-8)7-14-9(2)4-5-11/h6,9H,4-5,7H2,1-3H3. The Labute approximate surface area is 95.0 Å². The molecule has 1 unspecified atom stereocenters. The third kappa shape index (κ3) is 3.54. The fraction of sp³-hybridized carbons (Fsp3) is 0.700. The predicted molar refractivity (Wildman–Crippen MR) is 64.0 cm³/mol. The molecule has 0 saturated carbocycles. The number of nitrogens with zero attached hydrogens (tertiary/aromatic N) is 2. The van der Waals surface area contributed by atoms with Gasteiger partial charge in [-0.1, -0.05) is 6.92 Å². The number of halogens is 1. The van der Waals surface area contributed by atoms with Crippen molar-refractivity contribution >= 4 is 23.4 Å². The quantitative estimate of drug-likeness (QED) is 0.727. The summed E-state index contributed by atoms with van der Waals surface area (Å²) in [6.45, 7) is 4.24. The first-order valence-corrected chi connectivity index (χ1v) is 6.39. The van der Waals surface area contributed by atoms with Gasteiger partial charge in [-0.3, -0.25) is 4.68 Å². The van der Waals surface area contributed by atoms with E-state index in [1.807, 2.05) is 30.4 Å². The van der Waals surface area contributed by atoms with Gasteiger partial charge in [0.25, 0.3) is 0 Å². The van der Waals surface area contributed by atoms with Crippen molar-refractivity contribution in [3.05, 3.63) is 17.5 Å². The van der Waals surface area contributed by atoms with Crippen LogP contribution >= 0.6 is 23.4 Å². The van der Waals surface area contributed by atoms with Crippen molar-refractivity contribution in [2.75, 3.05) is 5.88 Å². The average Bonchev–Trinajstić information content (AvgIpc) is 2.42. The normalized spacial score (nSPS) is 13.1. The van der Waals surface area contributed by atoms with Gasteiger partial charge in [-0.15, -0.1) is 11.6 Å². The number of aryl methyl sites for hydroxylation is 2. The summed E-state index contributed by atoms with van der Waals surface area (Å²) in [5, 5.41) is 4.94. The van der Waals surface area contributed by atoms with Gasteiger partial charge in [0.1, 0.15) is 0 Å². The third-order valence-corrected chi connectivity index (χ3v) is 3.62. The smallest absolute Gasteiger partial charge is 0.0596 e. The van der Waals surface area contributed by atoms with Crippen molar-refractivity contribution < 1.29 is 0 Å². The molecule has 0 saturated heterocycles. The lowest BCUT2D eigenvalue weighted by atomic mass is 10.4. The number of aromatic nitrogens is 2. The van der Waals surface area contributed by atoms with Crippen molar-refractivity contribution in [3.63, 3.8) is 0 Å². The highest BCUT2D eigenvalue weighted by molar-refractivity contribution is 7.99. The third-order valence-electron chi connectivity index (χ3n) is 2.13. The van der Waals surface area contributed by atoms with Crippen LogP contribution in [0.2, 0.25) is 0 Å². The highest BCUT2D eigenvalue weighted by Crippen LogP contribution is 2.20. The van der Waals surface area contributed by atoms with Crippen LogP contribution in [-0.4, -0.2) is 20.9 Å². The number of alkyl halides is 1. The fourth-order valence-electron chi connectivity index (χ4n) is 1.26. The molecule has 0 bridgehead atoms. The van der Waals surface area contributed by atoms with Crippen LogP contribution in [0.4, 0.5) is 0 Å². The van der Waals surface area contributed by atoms with Gasteiger partial charge in [0.2, 0.25) is 0 Å². The zero-order valence-electron chi connectivity index (χ0n) is 8.96. The van der Waals surface area contributed by atoms with Gasteiger partial charge in [-0.25, -0.2) is 0 Å². The SMILES string of the molecule is Cc1cc(CSC(C)CCCl)n(C)n1. The summed E-state index contributed by atoms with van der Waals surface area (Å²) in [5.41, 5.74) is 2.38. The van der Waals surface area contributed by atoms with Crippen molar-refractivity contribution in [1.29, 1.82) is 0 Å². The van der Waals surface area contributed by atoms with E-state index in [-0.39, 0.29) is 0 Å². The van der Waals surface area contributed by atoms with Gasteiger partial charge in [0.15, 0.2) is 0 Å². The monoisotopic (exact) mass is 232 g/mol. The zero-order chi connectivity index (χ0) is 10.6. The Morgan fingerprint density at radius 3 is 2.86 bits per heavy atom. The molecule has 1 heterocycles. The maximum absolute atomic E-state index is 5.68. The maximum Gasteiger partial charge on any atom is 0.0596 e. The number of rotatable bonds is 5. The summed E-state index contributed by atoms with van der Waals surface area (Å²) in [4.78, 5) is 0. The molecule has 80 valence electrons. The minimum Gasteiger partial charge on any atom is -0.272 e. The molecule has 0 aliphatic heterocycles. The summed E-state index contributed by atoms with van der Waals surface area (Å²) in [6.07, 6.45) is 1.07. The van der Waals surface area contributed by atoms with E-state index in [1.165, 1.54) is 5.69 Å². The molecule has 1 aromatic rings. The van der Waals surface area contributed by atoms with Crippen LogP contribution in [0, 0.1) is 6.92 Å². The van der Waals surface area contributed by atoms with Crippen LogP contribution in [0.25, 0.3) is 0 Å². The average molecular weight is 233 g/mol. The number of hydrogen-bond donors (Lipinski definition) is 0. The van der Waals surface area contributed by atoms with Crippen LogP contribution in [0.15, 0.2) is 6.07 Å². The molecule has 2 nitrogen and oxygen atoms in total. The first-order chi connectivity index (χ1) is 6.63. The van der Waals surface area contributed by atoms with E-state index >= 15 is 0 Å². The van der Waals surface area contributed by atoms with E-state index in [0.717, 1.165) is 23.7 Å². The van der Waals surface area contributed by atoms with E-state index in [0.29, 0.717) is 5.25 Å². The Morgan fingerprint density at radius 1 is 1.64 bits per heavy atom. The topological polar surface area (TPSA) is 17.8 Å². The molecule has 0 aliphatic carbocycles. The molecule has 1 atom stereocenters. The van der Waals surface area contributed by atoms with E-state index in [1.54, 1.807) is 0 Å². The summed E-state index contributed by atoms with van der Waals surface area (Å²) >= 11 is 7.62. The second-order valence-corrected chi connectivity index (χ2v) is 5.30. The fourth-order valence-corrected chi connectivity index (χ4v) is 2.73. The minimum atomic E-state index is 0.628. The lowest BCUT2D eigenvalue weighted by Crippen LogP contribution is -2.01. The van der Waals surface area contributed by atoms with E-state index < -0.39 is 0 Å². The molecule has 0 amide bonds. The molecule has 0 aliphatic rings. The van der Waals surface area contributed by atoms with E-state index in [9.17, 15) is 0 Å². The molecule has 0 radical (unpaired) electrons. The maximum atomic E-state index is 5.68. The Morgan fingerprint density at radius 2 is 2.36 bits per heavy atom. The summed E-state index contributed by atoms with van der Waals surface area (Å²) in [5.74, 6) is 1.77. The Hall–Kier alpha value is -0.150. The Bertz CT molecular complexity index is 286. The van der Waals surface area contributed by atoms with Gasteiger partial charge < -0.3 is 0 Å². The molecule has 0 fully saturated rings. The van der Waals surface area contributed by atoms with Crippen molar-refractivity contribution in [2.24, 2.45) is 7.05 Å². The molecular weight excluding hydrogens is 216 g/mol. The van der Waals surface area contributed by atoms with Crippen molar-refractivity contribution in [2.45, 2.75) is 31.3 Å². The van der Waals surface area contributed by atoms with Crippen LogP contribution in [0.3, 0.4) is 0 Å². The second-order valence-electron chi connectivity index (χ2n) is 3.50. The Kier molecular flexibility index (Phi) is 4.82. The highest BCUT2D eigenvalue weighted by atomic mass is 35.5. The van der Waals surface area contributed by atoms with Crippen molar-refractivity contribution in [1.82, 2.24) is 9.78 Å². The molecule has 4 heteroatoms. The lowest BCUT2D eigenvalue weighted by Gasteiger charge is -2.08. The predicted octanol–water partition coefficient (Wildman–Crippen LogP) is 2.98. The zero-order valence-corrected chi connectivity index (χ0v) is 10.5. The Balaban J connectivity index is 2.41. The number of hydrogen-bond acceptors (Lipinski definition) is 2. The lowest BCUT2D eigenvalue weighted by molar-refractivity contribution is 0.727. The van der Waals surface area contributed by atoms with Crippen LogP contribution < -0.4 is 0 Å². The van der Waals surface area contributed by atoms with Gasteiger partial charge >= 0.3 is 0 Å². The van der Waals surface area contributed by atoms with Gasteiger partial charge in [-0.2, -0.15) is 16.9 Å². The number of thioether (sulfide) groups is 1. The van der Waals surface area contributed by atoms with Crippen LogP contribution in [0.1, 0.15) is 24.7 Å². The minimum absolute atomic E-state index is 0.628. The molecular formula is C10H17ClN2S. The first kappa shape index (κ1) is 11.9. The summed E-state index contributed by atoms with van der Waals surface area (Å²) in [7, 11) is 2.00. The summed E-state index contributed by atoms with van der Waals surface area (Å²) < 4.78 is 1.95. The highest BCUT2D eigenvalue weighted by Gasteiger charge is 2.05. The largest absolute Gasteiger partial charge is 0.272 e. The van der Waals surface area contributed by atoms with E-state index in [2.05, 4.69) is 18.1 Å². The van der Waals surface area contributed by atoms with E-state index in [4.69, 9.17) is 11.6 Å². The molecule has 1 rings (SSSR count). The van der Waals surface area contributed by atoms with Gasteiger partial charge in [-0.05, 0) is 19.4 Å². The van der Waals surface area contributed by atoms with Crippen LogP contribution in [-0.2, 0) is 12.8 Å². The van der Waals surface area contributed by atoms with Crippen molar-refractivity contribution in [3.8, 4) is 0 Å². The first-order valence-electron chi connectivity index (χ1n) is 4.80. The summed E-state index contributed by atoms with van der Waals surface area (Å²) in [6, 6.07) is 2.14. The molecule has 1 aromatic heterocycles. The van der Waals surface area contributed by atoms with Gasteiger partial charge in [0, 0.05) is 29.6 Å². The molecule has 0 aromatic carbocycles.